The van der Waals surface area contributed by atoms with Crippen LogP contribution >= 0.6 is 0 Å². The highest BCUT2D eigenvalue weighted by Gasteiger charge is 2.05. The van der Waals surface area contributed by atoms with Gasteiger partial charge in [-0.2, -0.15) is 0 Å². The number of carbonyl (C=O) groups excluding carboxylic acids is 1. The van der Waals surface area contributed by atoms with Gasteiger partial charge in [-0.15, -0.1) is 0 Å². The number of hydrogen-bond donors (Lipinski definition) is 2. The fourth-order valence-corrected chi connectivity index (χ4v) is 2.72. The average Bonchev–Trinajstić information content (AvgIpc) is 2.70. The van der Waals surface area contributed by atoms with Gasteiger partial charge in [0.05, 0.1) is 7.11 Å². The second-order valence-electron chi connectivity index (χ2n) is 5.89. The Kier molecular flexibility index (Phi) is 5.88. The molecule has 3 rings (SSSR count). The van der Waals surface area contributed by atoms with Crippen molar-refractivity contribution in [2.45, 2.75) is 6.42 Å². The third-order valence-corrected chi connectivity index (χ3v) is 4.09. The highest BCUT2D eigenvalue weighted by atomic mass is 16.5. The number of rotatable bonds is 7. The Labute approximate surface area is 153 Å². The summed E-state index contributed by atoms with van der Waals surface area (Å²) in [6.45, 7) is 0.802. The maximum atomic E-state index is 12.1. The van der Waals surface area contributed by atoms with Crippen LogP contribution in [0.3, 0.4) is 0 Å². The molecule has 0 aliphatic rings. The van der Waals surface area contributed by atoms with E-state index in [0.717, 1.165) is 30.1 Å². The van der Waals surface area contributed by atoms with Crippen molar-refractivity contribution >= 4 is 17.3 Å². The second-order valence-corrected chi connectivity index (χ2v) is 5.89. The van der Waals surface area contributed by atoms with Crippen LogP contribution in [-0.4, -0.2) is 19.6 Å². The first kappa shape index (κ1) is 17.5. The summed E-state index contributed by atoms with van der Waals surface area (Å²) in [4.78, 5) is 12.1. The molecular weight excluding hydrogens is 324 g/mol. The van der Waals surface area contributed by atoms with Crippen LogP contribution < -0.4 is 15.4 Å². The molecule has 0 aliphatic carbocycles. The highest BCUT2D eigenvalue weighted by molar-refractivity contribution is 6.04. The van der Waals surface area contributed by atoms with Gasteiger partial charge in [-0.05, 0) is 54.4 Å². The molecule has 0 spiro atoms. The largest absolute Gasteiger partial charge is 0.496 e. The van der Waals surface area contributed by atoms with Crippen molar-refractivity contribution in [3.63, 3.8) is 0 Å². The van der Waals surface area contributed by atoms with Gasteiger partial charge in [-0.25, -0.2) is 0 Å². The molecule has 0 heterocycles. The van der Waals surface area contributed by atoms with E-state index in [0.29, 0.717) is 5.56 Å². The number of nitrogens with one attached hydrogen (secondary N) is 2. The van der Waals surface area contributed by atoms with E-state index in [2.05, 4.69) is 16.7 Å². The van der Waals surface area contributed by atoms with Crippen LogP contribution in [0, 0.1) is 0 Å². The van der Waals surface area contributed by atoms with Gasteiger partial charge in [-0.3, -0.25) is 4.79 Å². The molecule has 26 heavy (non-hydrogen) atoms. The Balaban J connectivity index is 1.52. The minimum Gasteiger partial charge on any atom is -0.496 e. The Bertz CT molecular complexity index is 846. The molecule has 3 aromatic rings. The lowest BCUT2D eigenvalue weighted by molar-refractivity contribution is 0.102. The van der Waals surface area contributed by atoms with Crippen LogP contribution in [0.25, 0.3) is 0 Å². The first-order valence-corrected chi connectivity index (χ1v) is 8.58. The number of anilines is 2. The molecule has 4 nitrogen and oxygen atoms in total. The molecule has 0 bridgehead atoms. The molecule has 4 heteroatoms. The van der Waals surface area contributed by atoms with Crippen LogP contribution in [0.5, 0.6) is 5.75 Å². The summed E-state index contributed by atoms with van der Waals surface area (Å²) >= 11 is 0. The Morgan fingerprint density at radius 1 is 0.846 bits per heavy atom. The lowest BCUT2D eigenvalue weighted by atomic mass is 10.1. The van der Waals surface area contributed by atoms with Crippen LogP contribution in [0.4, 0.5) is 11.4 Å². The Hall–Kier alpha value is -3.27. The molecule has 2 N–H and O–H groups in total. The van der Waals surface area contributed by atoms with Crippen molar-refractivity contribution in [3.05, 3.63) is 90.0 Å². The van der Waals surface area contributed by atoms with Crippen molar-refractivity contribution in [1.82, 2.24) is 0 Å². The smallest absolute Gasteiger partial charge is 0.255 e. The van der Waals surface area contributed by atoms with Gasteiger partial charge < -0.3 is 15.4 Å². The first-order valence-electron chi connectivity index (χ1n) is 8.58. The van der Waals surface area contributed by atoms with E-state index >= 15 is 0 Å². The molecule has 0 saturated carbocycles. The summed E-state index contributed by atoms with van der Waals surface area (Å²) in [6.07, 6.45) is 0.872. The first-order chi connectivity index (χ1) is 12.8. The van der Waals surface area contributed by atoms with Crippen LogP contribution in [0.2, 0.25) is 0 Å². The van der Waals surface area contributed by atoms with Crippen molar-refractivity contribution < 1.29 is 9.53 Å². The highest BCUT2D eigenvalue weighted by Crippen LogP contribution is 2.19. The maximum Gasteiger partial charge on any atom is 0.255 e. The number of carbonyl (C=O) groups is 1. The zero-order valence-corrected chi connectivity index (χ0v) is 14.7. The zero-order chi connectivity index (χ0) is 18.2. The van der Waals surface area contributed by atoms with Gasteiger partial charge >= 0.3 is 0 Å². The molecule has 0 fully saturated rings. The van der Waals surface area contributed by atoms with E-state index in [1.54, 1.807) is 19.2 Å². The van der Waals surface area contributed by atoms with Gasteiger partial charge in [0.2, 0.25) is 0 Å². The Morgan fingerprint density at radius 2 is 1.50 bits per heavy atom. The standard InChI is InChI=1S/C22H22N2O2/c1-26-21-10-6-5-7-17(21)15-16-23-19-11-13-20(14-12-19)24-22(25)18-8-3-2-4-9-18/h2-14,23H,15-16H2,1H3,(H,24,25). The fraction of sp³-hybridized carbons (Fsp3) is 0.136. The lowest BCUT2D eigenvalue weighted by Gasteiger charge is -2.11. The molecular formula is C22H22N2O2. The minimum atomic E-state index is -0.109. The summed E-state index contributed by atoms with van der Waals surface area (Å²) in [6, 6.07) is 24.9. The minimum absolute atomic E-state index is 0.109. The van der Waals surface area contributed by atoms with E-state index in [9.17, 15) is 4.79 Å². The Morgan fingerprint density at radius 3 is 2.23 bits per heavy atom. The van der Waals surface area contributed by atoms with Crippen LogP contribution in [0.1, 0.15) is 15.9 Å². The van der Waals surface area contributed by atoms with E-state index in [1.807, 2.05) is 60.7 Å². The van der Waals surface area contributed by atoms with Gasteiger partial charge in [0.15, 0.2) is 0 Å². The molecule has 0 aromatic heterocycles. The summed E-state index contributed by atoms with van der Waals surface area (Å²) in [5, 5.41) is 6.29. The van der Waals surface area contributed by atoms with Gasteiger partial charge in [0, 0.05) is 23.5 Å². The van der Waals surface area contributed by atoms with Crippen LogP contribution in [0.15, 0.2) is 78.9 Å². The SMILES string of the molecule is COc1ccccc1CCNc1ccc(NC(=O)c2ccccc2)cc1. The summed E-state index contributed by atoms with van der Waals surface area (Å²) in [5.41, 5.74) is 3.60. The fourth-order valence-electron chi connectivity index (χ4n) is 2.72. The quantitative estimate of drug-likeness (QED) is 0.657. The number of amides is 1. The van der Waals surface area contributed by atoms with E-state index in [-0.39, 0.29) is 5.91 Å². The number of hydrogen-bond acceptors (Lipinski definition) is 3. The molecule has 1 amide bonds. The predicted molar refractivity (Wildman–Crippen MR) is 106 cm³/mol. The molecule has 0 unspecified atom stereocenters. The summed E-state index contributed by atoms with van der Waals surface area (Å²) < 4.78 is 5.37. The third-order valence-electron chi connectivity index (χ3n) is 4.09. The monoisotopic (exact) mass is 346 g/mol. The number of para-hydroxylation sites is 1. The van der Waals surface area contributed by atoms with Crippen molar-refractivity contribution in [2.75, 3.05) is 24.3 Å². The number of ether oxygens (including phenoxy) is 1. The third kappa shape index (κ3) is 4.63. The molecule has 0 saturated heterocycles. The maximum absolute atomic E-state index is 12.1. The van der Waals surface area contributed by atoms with Crippen molar-refractivity contribution in [2.24, 2.45) is 0 Å². The second kappa shape index (κ2) is 8.72. The van der Waals surface area contributed by atoms with Gasteiger partial charge in [0.25, 0.3) is 5.91 Å². The van der Waals surface area contributed by atoms with Crippen molar-refractivity contribution in [1.29, 1.82) is 0 Å². The molecule has 132 valence electrons. The molecule has 3 aromatic carbocycles. The normalized spacial score (nSPS) is 10.2. The van der Waals surface area contributed by atoms with E-state index in [4.69, 9.17) is 4.74 Å². The van der Waals surface area contributed by atoms with E-state index < -0.39 is 0 Å². The van der Waals surface area contributed by atoms with E-state index in [1.165, 1.54) is 5.56 Å². The zero-order valence-electron chi connectivity index (χ0n) is 14.7. The molecule has 0 radical (unpaired) electrons. The molecule has 0 aliphatic heterocycles. The topological polar surface area (TPSA) is 50.4 Å². The number of methoxy groups -OCH3 is 1. The molecule has 0 atom stereocenters. The van der Waals surface area contributed by atoms with Gasteiger partial charge in [-0.1, -0.05) is 36.4 Å². The predicted octanol–water partition coefficient (Wildman–Crippen LogP) is 4.60. The number of benzene rings is 3. The summed E-state index contributed by atoms with van der Waals surface area (Å²) in [7, 11) is 1.69. The van der Waals surface area contributed by atoms with Crippen molar-refractivity contribution in [3.8, 4) is 5.75 Å². The summed E-state index contributed by atoms with van der Waals surface area (Å²) in [5.74, 6) is 0.802. The average molecular weight is 346 g/mol. The lowest BCUT2D eigenvalue weighted by Crippen LogP contribution is -2.11. The van der Waals surface area contributed by atoms with Gasteiger partial charge in [0.1, 0.15) is 5.75 Å². The van der Waals surface area contributed by atoms with Crippen LogP contribution in [-0.2, 0) is 6.42 Å².